The van der Waals surface area contributed by atoms with Crippen molar-refractivity contribution in [3.05, 3.63) is 23.3 Å². The third-order valence-electron chi connectivity index (χ3n) is 8.36. The first kappa shape index (κ1) is 26.4. The summed E-state index contributed by atoms with van der Waals surface area (Å²) in [5, 5.41) is 32.1. The van der Waals surface area contributed by atoms with E-state index in [4.69, 9.17) is 14.2 Å². The first-order valence-corrected chi connectivity index (χ1v) is 12.2. The standard InChI is InChI=1S/C26H42O7/c1-8-15(4)23(30)32-22-21(29)20(28)16(5)31-24(22)33-26(7)12-10-19(27)25(6)11-9-17(14(2)3)13-18(25)26/h8-9,14,16,18-22,24,27-29H,10-13H2,1-7H3/b15-8-/t16-,18+,19+,20+,21+,22+,24+,25-,26-/m1/s1. The van der Waals surface area contributed by atoms with Crippen LogP contribution in [0.15, 0.2) is 23.3 Å². The van der Waals surface area contributed by atoms with Crippen LogP contribution < -0.4 is 0 Å². The zero-order valence-electron chi connectivity index (χ0n) is 21.1. The Labute approximate surface area is 197 Å². The summed E-state index contributed by atoms with van der Waals surface area (Å²) in [5.41, 5.74) is 0.723. The lowest BCUT2D eigenvalue weighted by Crippen LogP contribution is -2.63. The van der Waals surface area contributed by atoms with Gasteiger partial charge in [0.05, 0.1) is 17.8 Å². The molecule has 1 aliphatic heterocycles. The molecule has 0 radical (unpaired) electrons. The van der Waals surface area contributed by atoms with Crippen LogP contribution >= 0.6 is 0 Å². The number of hydrogen-bond acceptors (Lipinski definition) is 7. The van der Waals surface area contributed by atoms with Crippen molar-refractivity contribution in [2.24, 2.45) is 17.3 Å². The lowest BCUT2D eigenvalue weighted by atomic mass is 9.54. The zero-order valence-corrected chi connectivity index (χ0v) is 21.1. The second kappa shape index (κ2) is 9.78. The van der Waals surface area contributed by atoms with Gasteiger partial charge in [0.1, 0.15) is 12.2 Å². The number of hydrogen-bond donors (Lipinski definition) is 3. The maximum Gasteiger partial charge on any atom is 0.333 e. The number of carbonyl (C=O) groups excluding carboxylic acids is 1. The molecule has 3 N–H and O–H groups in total. The third kappa shape index (κ3) is 4.94. The van der Waals surface area contributed by atoms with Crippen molar-refractivity contribution in [2.75, 3.05) is 0 Å². The van der Waals surface area contributed by atoms with Crippen LogP contribution in [-0.4, -0.2) is 63.7 Å². The topological polar surface area (TPSA) is 105 Å². The normalized spacial score (nSPS) is 44.3. The zero-order chi connectivity index (χ0) is 24.7. The molecule has 0 aromatic heterocycles. The van der Waals surface area contributed by atoms with Crippen LogP contribution in [0.3, 0.4) is 0 Å². The molecule has 1 saturated carbocycles. The molecule has 0 aromatic rings. The Kier molecular flexibility index (Phi) is 7.81. The predicted octanol–water partition coefficient (Wildman–Crippen LogP) is 3.26. The van der Waals surface area contributed by atoms with E-state index in [1.807, 2.05) is 6.92 Å². The maximum atomic E-state index is 12.5. The van der Waals surface area contributed by atoms with Crippen molar-refractivity contribution < 1.29 is 34.3 Å². The molecular formula is C26H42O7. The molecule has 2 aliphatic carbocycles. The van der Waals surface area contributed by atoms with E-state index in [2.05, 4.69) is 26.8 Å². The second-order valence-corrected chi connectivity index (χ2v) is 10.9. The van der Waals surface area contributed by atoms with E-state index in [0.717, 1.165) is 12.8 Å². The largest absolute Gasteiger partial charge is 0.451 e. The number of allylic oxidation sites excluding steroid dienone is 3. The Morgan fingerprint density at radius 2 is 1.91 bits per heavy atom. The van der Waals surface area contributed by atoms with Crippen LogP contribution in [0, 0.1) is 17.3 Å². The lowest BCUT2D eigenvalue weighted by Gasteiger charge is -2.57. The van der Waals surface area contributed by atoms with Crippen molar-refractivity contribution >= 4 is 5.97 Å². The van der Waals surface area contributed by atoms with Crippen molar-refractivity contribution in [3.63, 3.8) is 0 Å². The highest BCUT2D eigenvalue weighted by Gasteiger charge is 2.57. The molecule has 0 spiro atoms. The molecule has 1 heterocycles. The summed E-state index contributed by atoms with van der Waals surface area (Å²) in [6, 6.07) is 0. The molecule has 3 rings (SSSR count). The first-order valence-electron chi connectivity index (χ1n) is 12.2. The van der Waals surface area contributed by atoms with Gasteiger partial charge in [-0.2, -0.15) is 0 Å². The molecule has 7 heteroatoms. The van der Waals surface area contributed by atoms with Gasteiger partial charge in [-0.1, -0.05) is 38.5 Å². The number of ether oxygens (including phenoxy) is 3. The van der Waals surface area contributed by atoms with E-state index in [1.165, 1.54) is 5.57 Å². The second-order valence-electron chi connectivity index (χ2n) is 10.9. The first-order chi connectivity index (χ1) is 15.3. The summed E-state index contributed by atoms with van der Waals surface area (Å²) in [4.78, 5) is 12.5. The summed E-state index contributed by atoms with van der Waals surface area (Å²) < 4.78 is 18.2. The van der Waals surface area contributed by atoms with Gasteiger partial charge in [0.15, 0.2) is 12.4 Å². The Bertz CT molecular complexity index is 790. The molecule has 3 aliphatic rings. The van der Waals surface area contributed by atoms with Gasteiger partial charge in [0.25, 0.3) is 0 Å². The summed E-state index contributed by atoms with van der Waals surface area (Å²) in [6.45, 7) is 13.5. The van der Waals surface area contributed by atoms with Crippen molar-refractivity contribution in [3.8, 4) is 0 Å². The molecule has 0 bridgehead atoms. The maximum absolute atomic E-state index is 12.5. The van der Waals surface area contributed by atoms with E-state index in [1.54, 1.807) is 26.8 Å². The smallest absolute Gasteiger partial charge is 0.333 e. The number of carbonyl (C=O) groups is 1. The number of aliphatic hydroxyl groups is 3. The van der Waals surface area contributed by atoms with Gasteiger partial charge in [-0.15, -0.1) is 0 Å². The van der Waals surface area contributed by atoms with Crippen LogP contribution in [0.1, 0.15) is 74.1 Å². The monoisotopic (exact) mass is 466 g/mol. The molecule has 0 amide bonds. The van der Waals surface area contributed by atoms with Crippen LogP contribution in [0.4, 0.5) is 0 Å². The molecule has 33 heavy (non-hydrogen) atoms. The van der Waals surface area contributed by atoms with Gasteiger partial charge in [-0.05, 0) is 65.2 Å². The van der Waals surface area contributed by atoms with Crippen molar-refractivity contribution in [2.45, 2.75) is 117 Å². The average Bonchev–Trinajstić information content (AvgIpc) is 2.77. The lowest BCUT2D eigenvalue weighted by molar-refractivity contribution is -0.338. The highest BCUT2D eigenvalue weighted by atomic mass is 16.7. The van der Waals surface area contributed by atoms with Crippen molar-refractivity contribution in [1.82, 2.24) is 0 Å². The van der Waals surface area contributed by atoms with Crippen LogP contribution in [-0.2, 0) is 19.0 Å². The summed E-state index contributed by atoms with van der Waals surface area (Å²) >= 11 is 0. The third-order valence-corrected chi connectivity index (χ3v) is 8.36. The molecule has 7 nitrogen and oxygen atoms in total. The van der Waals surface area contributed by atoms with E-state index in [9.17, 15) is 20.1 Å². The van der Waals surface area contributed by atoms with Crippen molar-refractivity contribution in [1.29, 1.82) is 0 Å². The van der Waals surface area contributed by atoms with Gasteiger partial charge in [-0.25, -0.2) is 4.79 Å². The predicted molar refractivity (Wildman–Crippen MR) is 124 cm³/mol. The van der Waals surface area contributed by atoms with Crippen LogP contribution in [0.2, 0.25) is 0 Å². The number of esters is 1. The minimum absolute atomic E-state index is 0.0210. The number of rotatable bonds is 5. The SMILES string of the molecule is C/C=C(/C)C(=O)O[C@@H]1[C@H](O[C@]2(C)CC[C@H](O)[C@]3(C)CC=C(C(C)C)C[C@@H]32)O[C@H](C)[C@H](O)[C@@H]1O. The van der Waals surface area contributed by atoms with Crippen LogP contribution in [0.25, 0.3) is 0 Å². The fraction of sp³-hybridized carbons (Fsp3) is 0.808. The molecule has 1 saturated heterocycles. The van der Waals surface area contributed by atoms with Gasteiger partial charge in [0, 0.05) is 11.0 Å². The molecule has 9 atom stereocenters. The van der Waals surface area contributed by atoms with Crippen LogP contribution in [0.5, 0.6) is 0 Å². The number of aliphatic hydroxyl groups excluding tert-OH is 3. The Morgan fingerprint density at radius 1 is 1.24 bits per heavy atom. The van der Waals surface area contributed by atoms with Gasteiger partial charge in [0.2, 0.25) is 0 Å². The quantitative estimate of drug-likeness (QED) is 0.324. The Morgan fingerprint density at radius 3 is 2.52 bits per heavy atom. The average molecular weight is 467 g/mol. The molecule has 2 fully saturated rings. The van der Waals surface area contributed by atoms with E-state index in [-0.39, 0.29) is 11.3 Å². The molecule has 188 valence electrons. The summed E-state index contributed by atoms with van der Waals surface area (Å²) in [6.07, 6.45) is 0.791. The van der Waals surface area contributed by atoms with E-state index < -0.39 is 48.4 Å². The minimum atomic E-state index is -1.34. The van der Waals surface area contributed by atoms with E-state index in [0.29, 0.717) is 24.3 Å². The van der Waals surface area contributed by atoms with Gasteiger partial charge in [-0.3, -0.25) is 0 Å². The highest BCUT2D eigenvalue weighted by Crippen LogP contribution is 2.56. The number of fused-ring (bicyclic) bond motifs is 1. The molecule has 0 unspecified atom stereocenters. The minimum Gasteiger partial charge on any atom is -0.451 e. The highest BCUT2D eigenvalue weighted by molar-refractivity contribution is 5.87. The summed E-state index contributed by atoms with van der Waals surface area (Å²) in [7, 11) is 0. The fourth-order valence-electron chi connectivity index (χ4n) is 5.69. The summed E-state index contributed by atoms with van der Waals surface area (Å²) in [5.74, 6) is -0.164. The fourth-order valence-corrected chi connectivity index (χ4v) is 5.69. The molecule has 0 aromatic carbocycles. The molecular weight excluding hydrogens is 424 g/mol. The van der Waals surface area contributed by atoms with Gasteiger partial charge >= 0.3 is 5.97 Å². The Hall–Kier alpha value is -1.25. The van der Waals surface area contributed by atoms with Gasteiger partial charge < -0.3 is 29.5 Å². The van der Waals surface area contributed by atoms with E-state index >= 15 is 0 Å². The Balaban J connectivity index is 1.91.